The highest BCUT2D eigenvalue weighted by molar-refractivity contribution is 7.13. The largest absolute Gasteiger partial charge is 0.496 e. The lowest BCUT2D eigenvalue weighted by atomic mass is 10.1. The summed E-state index contributed by atoms with van der Waals surface area (Å²) in [7, 11) is 4.87. The Hall–Kier alpha value is -2.90. The number of rotatable bonds is 5. The minimum absolute atomic E-state index is 0.242. The van der Waals surface area contributed by atoms with Gasteiger partial charge < -0.3 is 15.0 Å². The van der Waals surface area contributed by atoms with Crippen LogP contribution in [0.15, 0.2) is 47.8 Å². The first-order valence-corrected chi connectivity index (χ1v) is 9.58. The second-order valence-electron chi connectivity index (χ2n) is 6.09. The molecule has 144 valence electrons. The van der Waals surface area contributed by atoms with E-state index in [9.17, 15) is 9.59 Å². The maximum Gasteiger partial charge on any atom is 0.275 e. The summed E-state index contributed by atoms with van der Waals surface area (Å²) in [6.07, 6.45) is 0. The van der Waals surface area contributed by atoms with Gasteiger partial charge >= 0.3 is 0 Å². The van der Waals surface area contributed by atoms with E-state index in [0.717, 1.165) is 5.56 Å². The average Bonchev–Trinajstić information content (AvgIpc) is 3.19. The SMILES string of the molecule is COc1ccccc1-c1nc(C(=O)Nc2ccc(Cl)c(C(=O)N(C)C)c2)cs1. The molecule has 0 fully saturated rings. The van der Waals surface area contributed by atoms with E-state index in [-0.39, 0.29) is 17.5 Å². The van der Waals surface area contributed by atoms with Crippen LogP contribution in [0.2, 0.25) is 5.02 Å². The van der Waals surface area contributed by atoms with Crippen LogP contribution in [0.3, 0.4) is 0 Å². The molecule has 2 amide bonds. The van der Waals surface area contributed by atoms with Gasteiger partial charge in [-0.15, -0.1) is 11.3 Å². The number of ether oxygens (including phenoxy) is 1. The predicted octanol–water partition coefficient (Wildman–Crippen LogP) is 4.43. The topological polar surface area (TPSA) is 71.5 Å². The first-order valence-electron chi connectivity index (χ1n) is 8.32. The summed E-state index contributed by atoms with van der Waals surface area (Å²) in [4.78, 5) is 30.6. The molecular formula is C20H18ClN3O3S. The number of amides is 2. The van der Waals surface area contributed by atoms with Crippen LogP contribution < -0.4 is 10.1 Å². The van der Waals surface area contributed by atoms with E-state index >= 15 is 0 Å². The Kier molecular flexibility index (Phi) is 5.96. The molecule has 1 aromatic heterocycles. The summed E-state index contributed by atoms with van der Waals surface area (Å²) in [5.74, 6) is 0.0736. The number of thiazole rings is 1. The standard InChI is InChI=1S/C20H18ClN3O3S/c1-24(2)20(26)14-10-12(8-9-15(14)21)22-18(25)16-11-28-19(23-16)13-6-4-5-7-17(13)27-3/h4-11H,1-3H3,(H,22,25). The van der Waals surface area contributed by atoms with Crippen LogP contribution in [0.1, 0.15) is 20.8 Å². The quantitative estimate of drug-likeness (QED) is 0.669. The normalized spacial score (nSPS) is 10.4. The Morgan fingerprint density at radius 1 is 1.18 bits per heavy atom. The molecular weight excluding hydrogens is 398 g/mol. The highest BCUT2D eigenvalue weighted by atomic mass is 35.5. The van der Waals surface area contributed by atoms with Gasteiger partial charge in [-0.25, -0.2) is 4.98 Å². The zero-order valence-corrected chi connectivity index (χ0v) is 17.1. The predicted molar refractivity (Wildman–Crippen MR) is 112 cm³/mol. The Balaban J connectivity index is 1.82. The molecule has 0 aliphatic carbocycles. The Bertz CT molecular complexity index is 1030. The number of aromatic nitrogens is 1. The van der Waals surface area contributed by atoms with Gasteiger partial charge in [-0.05, 0) is 30.3 Å². The molecule has 6 nitrogen and oxygen atoms in total. The van der Waals surface area contributed by atoms with Crippen molar-refractivity contribution in [3.63, 3.8) is 0 Å². The third-order valence-corrected chi connectivity index (χ3v) is 5.14. The number of halogens is 1. The summed E-state index contributed by atoms with van der Waals surface area (Å²) in [6, 6.07) is 12.3. The van der Waals surface area contributed by atoms with Gasteiger partial charge in [0, 0.05) is 25.2 Å². The Morgan fingerprint density at radius 2 is 1.93 bits per heavy atom. The van der Waals surface area contributed by atoms with Crippen molar-refractivity contribution in [1.29, 1.82) is 0 Å². The number of anilines is 1. The Morgan fingerprint density at radius 3 is 2.64 bits per heavy atom. The molecule has 1 N–H and O–H groups in total. The van der Waals surface area contributed by atoms with Gasteiger partial charge in [0.25, 0.3) is 11.8 Å². The third-order valence-electron chi connectivity index (χ3n) is 3.94. The molecule has 0 saturated heterocycles. The smallest absolute Gasteiger partial charge is 0.275 e. The van der Waals surface area contributed by atoms with E-state index < -0.39 is 0 Å². The second kappa shape index (κ2) is 8.41. The number of nitrogens with zero attached hydrogens (tertiary/aromatic N) is 2. The van der Waals surface area contributed by atoms with Crippen LogP contribution in [0, 0.1) is 0 Å². The fraction of sp³-hybridized carbons (Fsp3) is 0.150. The van der Waals surface area contributed by atoms with E-state index in [2.05, 4.69) is 10.3 Å². The Labute approximate surface area is 171 Å². The molecule has 28 heavy (non-hydrogen) atoms. The molecule has 3 aromatic rings. The zero-order chi connectivity index (χ0) is 20.3. The number of benzene rings is 2. The fourth-order valence-electron chi connectivity index (χ4n) is 2.53. The number of nitrogens with one attached hydrogen (secondary N) is 1. The van der Waals surface area contributed by atoms with E-state index in [1.807, 2.05) is 24.3 Å². The maximum atomic E-state index is 12.6. The van der Waals surface area contributed by atoms with Crippen molar-refractivity contribution in [2.75, 3.05) is 26.5 Å². The van der Waals surface area contributed by atoms with Gasteiger partial charge in [0.05, 0.1) is 23.3 Å². The number of carbonyl (C=O) groups is 2. The number of carbonyl (C=O) groups excluding carboxylic acids is 2. The van der Waals surface area contributed by atoms with Crippen molar-refractivity contribution in [2.45, 2.75) is 0 Å². The van der Waals surface area contributed by atoms with Crippen LogP contribution in [-0.2, 0) is 0 Å². The molecule has 8 heteroatoms. The molecule has 0 saturated carbocycles. The van der Waals surface area contributed by atoms with Crippen LogP contribution >= 0.6 is 22.9 Å². The molecule has 3 rings (SSSR count). The van der Waals surface area contributed by atoms with Gasteiger partial charge in [0.2, 0.25) is 0 Å². The first-order chi connectivity index (χ1) is 13.4. The molecule has 1 heterocycles. The monoisotopic (exact) mass is 415 g/mol. The summed E-state index contributed by atoms with van der Waals surface area (Å²) in [5.41, 5.74) is 1.88. The minimum atomic E-state index is -0.372. The average molecular weight is 416 g/mol. The molecule has 0 aliphatic heterocycles. The van der Waals surface area contributed by atoms with Crippen molar-refractivity contribution < 1.29 is 14.3 Å². The second-order valence-corrected chi connectivity index (χ2v) is 7.35. The summed E-state index contributed by atoms with van der Waals surface area (Å²) >= 11 is 7.46. The number of hydrogen-bond acceptors (Lipinski definition) is 5. The van der Waals surface area contributed by atoms with Crippen LogP contribution in [0.4, 0.5) is 5.69 Å². The van der Waals surface area contributed by atoms with Gasteiger partial charge in [-0.1, -0.05) is 23.7 Å². The number of methoxy groups -OCH3 is 1. The molecule has 0 atom stereocenters. The lowest BCUT2D eigenvalue weighted by Crippen LogP contribution is -2.22. The molecule has 0 aliphatic rings. The van der Waals surface area contributed by atoms with Gasteiger partial charge in [0.1, 0.15) is 16.5 Å². The van der Waals surface area contributed by atoms with Crippen LogP contribution in [-0.4, -0.2) is 42.9 Å². The third kappa shape index (κ3) is 4.16. The van der Waals surface area contributed by atoms with Gasteiger partial charge in [-0.2, -0.15) is 0 Å². The molecule has 0 spiro atoms. The molecule has 0 bridgehead atoms. The van der Waals surface area contributed by atoms with Crippen molar-refractivity contribution >= 4 is 40.4 Å². The van der Waals surface area contributed by atoms with Gasteiger partial charge in [0.15, 0.2) is 0 Å². The van der Waals surface area contributed by atoms with Gasteiger partial charge in [-0.3, -0.25) is 9.59 Å². The van der Waals surface area contributed by atoms with E-state index in [1.54, 1.807) is 44.8 Å². The van der Waals surface area contributed by atoms with E-state index in [0.29, 0.717) is 27.0 Å². The molecule has 2 aromatic carbocycles. The van der Waals surface area contributed by atoms with Crippen molar-refractivity contribution in [3.8, 4) is 16.3 Å². The number of para-hydroxylation sites is 1. The summed E-state index contributed by atoms with van der Waals surface area (Å²) in [6.45, 7) is 0. The zero-order valence-electron chi connectivity index (χ0n) is 15.5. The summed E-state index contributed by atoms with van der Waals surface area (Å²) < 4.78 is 5.35. The minimum Gasteiger partial charge on any atom is -0.496 e. The summed E-state index contributed by atoms with van der Waals surface area (Å²) in [5, 5.41) is 5.44. The van der Waals surface area contributed by atoms with Crippen LogP contribution in [0.5, 0.6) is 5.75 Å². The van der Waals surface area contributed by atoms with E-state index in [1.165, 1.54) is 16.2 Å². The molecule has 0 unspecified atom stereocenters. The first kappa shape index (κ1) is 19.9. The highest BCUT2D eigenvalue weighted by Crippen LogP contribution is 2.32. The maximum absolute atomic E-state index is 12.6. The van der Waals surface area contributed by atoms with E-state index in [4.69, 9.17) is 16.3 Å². The lowest BCUT2D eigenvalue weighted by Gasteiger charge is -2.13. The number of hydrogen-bond donors (Lipinski definition) is 1. The lowest BCUT2D eigenvalue weighted by molar-refractivity contribution is 0.0827. The van der Waals surface area contributed by atoms with Crippen LogP contribution in [0.25, 0.3) is 10.6 Å². The highest BCUT2D eigenvalue weighted by Gasteiger charge is 2.17. The van der Waals surface area contributed by atoms with Crippen molar-refractivity contribution in [2.24, 2.45) is 0 Å². The fourth-order valence-corrected chi connectivity index (χ4v) is 3.55. The molecule has 0 radical (unpaired) electrons. The van der Waals surface area contributed by atoms with Crippen molar-refractivity contribution in [1.82, 2.24) is 9.88 Å². The van der Waals surface area contributed by atoms with Crippen molar-refractivity contribution in [3.05, 3.63) is 64.1 Å².